The van der Waals surface area contributed by atoms with Crippen LogP contribution in [0.25, 0.3) is 0 Å². The van der Waals surface area contributed by atoms with Crippen LogP contribution in [0.3, 0.4) is 0 Å². The molecule has 1 saturated carbocycles. The third-order valence-corrected chi connectivity index (χ3v) is 3.72. The minimum Gasteiger partial charge on any atom is -0.399 e. The van der Waals surface area contributed by atoms with E-state index in [-0.39, 0.29) is 18.4 Å². The highest BCUT2D eigenvalue weighted by Crippen LogP contribution is 2.49. The molecule has 1 aromatic rings. The summed E-state index contributed by atoms with van der Waals surface area (Å²) in [5.41, 5.74) is 6.90. The molecule has 0 radical (unpaired) electrons. The monoisotopic (exact) mass is 275 g/mol. The Morgan fingerprint density at radius 3 is 2.40 bits per heavy atom. The standard InChI is InChI=1S/C15H21N3O2/c1-3-17-13(19)10-18(2)14(20)15(8-9-15)11-4-6-12(16)7-5-11/h4-7H,3,8-10,16H2,1-2H3,(H,17,19). The zero-order chi connectivity index (χ0) is 14.8. The van der Waals surface area contributed by atoms with Crippen molar-refractivity contribution in [2.45, 2.75) is 25.2 Å². The Hall–Kier alpha value is -2.04. The van der Waals surface area contributed by atoms with E-state index >= 15 is 0 Å². The van der Waals surface area contributed by atoms with Crippen molar-refractivity contribution in [1.29, 1.82) is 0 Å². The van der Waals surface area contributed by atoms with E-state index in [1.54, 1.807) is 7.05 Å². The van der Waals surface area contributed by atoms with Gasteiger partial charge in [0, 0.05) is 19.3 Å². The number of nitrogens with zero attached hydrogens (tertiary/aromatic N) is 1. The zero-order valence-electron chi connectivity index (χ0n) is 12.0. The number of nitrogen functional groups attached to an aromatic ring is 1. The first-order valence-corrected chi connectivity index (χ1v) is 6.88. The predicted molar refractivity (Wildman–Crippen MR) is 78.1 cm³/mol. The predicted octanol–water partition coefficient (Wildman–Crippen LogP) is 0.895. The van der Waals surface area contributed by atoms with Gasteiger partial charge in [0.15, 0.2) is 0 Å². The van der Waals surface area contributed by atoms with Crippen molar-refractivity contribution in [2.75, 3.05) is 25.9 Å². The van der Waals surface area contributed by atoms with Crippen LogP contribution in [-0.4, -0.2) is 36.9 Å². The van der Waals surface area contributed by atoms with Crippen LogP contribution in [0.2, 0.25) is 0 Å². The van der Waals surface area contributed by atoms with Gasteiger partial charge in [-0.05, 0) is 37.5 Å². The summed E-state index contributed by atoms with van der Waals surface area (Å²) in [6, 6.07) is 7.43. The second-order valence-corrected chi connectivity index (χ2v) is 5.32. The van der Waals surface area contributed by atoms with Crippen LogP contribution < -0.4 is 11.1 Å². The molecule has 5 nitrogen and oxygen atoms in total. The van der Waals surface area contributed by atoms with E-state index in [0.29, 0.717) is 12.2 Å². The second-order valence-electron chi connectivity index (χ2n) is 5.32. The number of likely N-dealkylation sites (N-methyl/N-ethyl adjacent to an activating group) is 2. The minimum atomic E-state index is -0.449. The Balaban J connectivity index is 2.08. The molecule has 0 spiro atoms. The molecule has 5 heteroatoms. The molecule has 20 heavy (non-hydrogen) atoms. The molecule has 1 aliphatic carbocycles. The number of rotatable bonds is 5. The van der Waals surface area contributed by atoms with Crippen molar-refractivity contribution in [3.8, 4) is 0 Å². The average Bonchev–Trinajstić information content (AvgIpc) is 3.20. The van der Waals surface area contributed by atoms with Crippen molar-refractivity contribution in [3.05, 3.63) is 29.8 Å². The molecular formula is C15H21N3O2. The molecule has 0 aromatic heterocycles. The lowest BCUT2D eigenvalue weighted by atomic mass is 9.94. The first kappa shape index (κ1) is 14.4. The quantitative estimate of drug-likeness (QED) is 0.784. The SMILES string of the molecule is CCNC(=O)CN(C)C(=O)C1(c2ccc(N)cc2)CC1. The smallest absolute Gasteiger partial charge is 0.239 e. The van der Waals surface area contributed by atoms with Gasteiger partial charge in [0.05, 0.1) is 12.0 Å². The van der Waals surface area contributed by atoms with Crippen LogP contribution in [0, 0.1) is 0 Å². The molecular weight excluding hydrogens is 254 g/mol. The van der Waals surface area contributed by atoms with Gasteiger partial charge in [0.2, 0.25) is 11.8 Å². The van der Waals surface area contributed by atoms with E-state index < -0.39 is 5.41 Å². The number of carbonyl (C=O) groups is 2. The van der Waals surface area contributed by atoms with Crippen molar-refractivity contribution in [2.24, 2.45) is 0 Å². The maximum atomic E-state index is 12.6. The second kappa shape index (κ2) is 5.53. The lowest BCUT2D eigenvalue weighted by molar-refractivity contribution is -0.136. The Labute approximate surface area is 119 Å². The average molecular weight is 275 g/mol. The molecule has 0 heterocycles. The van der Waals surface area contributed by atoms with Crippen molar-refractivity contribution in [1.82, 2.24) is 10.2 Å². The summed E-state index contributed by atoms with van der Waals surface area (Å²) in [6.07, 6.45) is 1.66. The number of hydrogen-bond acceptors (Lipinski definition) is 3. The van der Waals surface area contributed by atoms with Gasteiger partial charge in [-0.2, -0.15) is 0 Å². The Morgan fingerprint density at radius 1 is 1.30 bits per heavy atom. The molecule has 2 rings (SSSR count). The van der Waals surface area contributed by atoms with Gasteiger partial charge in [-0.15, -0.1) is 0 Å². The van der Waals surface area contributed by atoms with Crippen molar-refractivity contribution < 1.29 is 9.59 Å². The third kappa shape index (κ3) is 2.76. The van der Waals surface area contributed by atoms with Crippen molar-refractivity contribution in [3.63, 3.8) is 0 Å². The Bertz CT molecular complexity index is 506. The summed E-state index contributed by atoms with van der Waals surface area (Å²) < 4.78 is 0. The lowest BCUT2D eigenvalue weighted by Gasteiger charge is -2.23. The van der Waals surface area contributed by atoms with Crippen LogP contribution >= 0.6 is 0 Å². The molecule has 108 valence electrons. The van der Waals surface area contributed by atoms with Gasteiger partial charge in [0.25, 0.3) is 0 Å². The van der Waals surface area contributed by atoms with Gasteiger partial charge < -0.3 is 16.0 Å². The summed E-state index contributed by atoms with van der Waals surface area (Å²) in [7, 11) is 1.68. The topological polar surface area (TPSA) is 75.4 Å². The van der Waals surface area contributed by atoms with Crippen LogP contribution in [0.5, 0.6) is 0 Å². The Morgan fingerprint density at radius 2 is 1.90 bits per heavy atom. The highest BCUT2D eigenvalue weighted by Gasteiger charge is 2.52. The minimum absolute atomic E-state index is 0.00789. The third-order valence-electron chi connectivity index (χ3n) is 3.72. The number of nitrogens with one attached hydrogen (secondary N) is 1. The molecule has 0 saturated heterocycles. The number of carbonyl (C=O) groups excluding carboxylic acids is 2. The van der Waals surface area contributed by atoms with Crippen LogP contribution in [0.4, 0.5) is 5.69 Å². The number of benzene rings is 1. The van der Waals surface area contributed by atoms with E-state index in [1.807, 2.05) is 31.2 Å². The first-order valence-electron chi connectivity index (χ1n) is 6.88. The van der Waals surface area contributed by atoms with E-state index in [0.717, 1.165) is 18.4 Å². The van der Waals surface area contributed by atoms with E-state index in [2.05, 4.69) is 5.32 Å². The molecule has 0 aliphatic heterocycles. The molecule has 1 fully saturated rings. The normalized spacial score (nSPS) is 15.5. The molecule has 1 aromatic carbocycles. The maximum Gasteiger partial charge on any atom is 0.239 e. The summed E-state index contributed by atoms with van der Waals surface area (Å²) >= 11 is 0. The van der Waals surface area contributed by atoms with Gasteiger partial charge in [0.1, 0.15) is 0 Å². The van der Waals surface area contributed by atoms with E-state index in [1.165, 1.54) is 4.90 Å². The summed E-state index contributed by atoms with van der Waals surface area (Å²) in [6.45, 7) is 2.53. The number of nitrogens with two attached hydrogens (primary N) is 1. The fourth-order valence-electron chi connectivity index (χ4n) is 2.46. The first-order chi connectivity index (χ1) is 9.49. The van der Waals surface area contributed by atoms with Crippen LogP contribution in [-0.2, 0) is 15.0 Å². The molecule has 1 aliphatic rings. The molecule has 2 amide bonds. The van der Waals surface area contributed by atoms with Gasteiger partial charge in [-0.3, -0.25) is 9.59 Å². The number of amides is 2. The molecule has 0 unspecified atom stereocenters. The fourth-order valence-corrected chi connectivity index (χ4v) is 2.46. The largest absolute Gasteiger partial charge is 0.399 e. The highest BCUT2D eigenvalue weighted by atomic mass is 16.2. The van der Waals surface area contributed by atoms with Crippen LogP contribution in [0.1, 0.15) is 25.3 Å². The zero-order valence-corrected chi connectivity index (χ0v) is 12.0. The number of anilines is 1. The van der Waals surface area contributed by atoms with Crippen LogP contribution in [0.15, 0.2) is 24.3 Å². The van der Waals surface area contributed by atoms with E-state index in [4.69, 9.17) is 5.73 Å². The highest BCUT2D eigenvalue weighted by molar-refractivity contribution is 5.93. The fraction of sp³-hybridized carbons (Fsp3) is 0.467. The van der Waals surface area contributed by atoms with Crippen molar-refractivity contribution >= 4 is 17.5 Å². The summed E-state index contributed by atoms with van der Waals surface area (Å²) in [5, 5.41) is 2.70. The van der Waals surface area contributed by atoms with Gasteiger partial charge in [-0.25, -0.2) is 0 Å². The van der Waals surface area contributed by atoms with Gasteiger partial charge in [-0.1, -0.05) is 12.1 Å². The Kier molecular flexibility index (Phi) is 3.97. The van der Waals surface area contributed by atoms with Gasteiger partial charge >= 0.3 is 0 Å². The molecule has 3 N–H and O–H groups in total. The number of hydrogen-bond donors (Lipinski definition) is 2. The summed E-state index contributed by atoms with van der Waals surface area (Å²) in [4.78, 5) is 25.6. The van der Waals surface area contributed by atoms with E-state index in [9.17, 15) is 9.59 Å². The molecule has 0 atom stereocenters. The lowest BCUT2D eigenvalue weighted by Crippen LogP contribution is -2.42. The molecule has 0 bridgehead atoms. The maximum absolute atomic E-state index is 12.6. The summed E-state index contributed by atoms with van der Waals surface area (Å²) in [5.74, 6) is -0.120.